The molecule has 160 valence electrons. The van der Waals surface area contributed by atoms with Gasteiger partial charge in [-0.2, -0.15) is 0 Å². The number of imidazole rings is 1. The molecule has 0 saturated heterocycles. The van der Waals surface area contributed by atoms with E-state index in [0.29, 0.717) is 24.3 Å². The van der Waals surface area contributed by atoms with Crippen LogP contribution in [0.1, 0.15) is 17.0 Å². The normalized spacial score (nSPS) is 12.0. The lowest BCUT2D eigenvalue weighted by Crippen LogP contribution is -2.21. The van der Waals surface area contributed by atoms with Gasteiger partial charge in [-0.3, -0.25) is 9.88 Å². The van der Waals surface area contributed by atoms with Crippen molar-refractivity contribution in [1.82, 2.24) is 19.4 Å². The molecular formula is C23H23FN4O2S. The summed E-state index contributed by atoms with van der Waals surface area (Å²) in [5.41, 5.74) is 2.93. The molecule has 0 amide bonds. The van der Waals surface area contributed by atoms with E-state index in [1.165, 1.54) is 6.07 Å². The second-order valence-corrected chi connectivity index (χ2v) is 9.56. The van der Waals surface area contributed by atoms with Crippen LogP contribution >= 0.6 is 0 Å². The summed E-state index contributed by atoms with van der Waals surface area (Å²) in [5, 5.41) is 1.01. The summed E-state index contributed by atoms with van der Waals surface area (Å²) in [7, 11) is -1.64. The first-order valence-electron chi connectivity index (χ1n) is 9.82. The number of halogens is 1. The van der Waals surface area contributed by atoms with E-state index < -0.39 is 9.84 Å². The average molecular weight is 439 g/mol. The van der Waals surface area contributed by atoms with Gasteiger partial charge in [0, 0.05) is 30.3 Å². The molecule has 8 heteroatoms. The Kier molecular flexibility index (Phi) is 5.84. The van der Waals surface area contributed by atoms with Gasteiger partial charge in [-0.15, -0.1) is 0 Å². The van der Waals surface area contributed by atoms with Crippen molar-refractivity contribution < 1.29 is 12.8 Å². The molecule has 0 aliphatic heterocycles. The summed E-state index contributed by atoms with van der Waals surface area (Å²) in [4.78, 5) is 10.8. The van der Waals surface area contributed by atoms with Crippen LogP contribution in [0.4, 0.5) is 4.39 Å². The molecule has 0 unspecified atom stereocenters. The average Bonchev–Trinajstić information content (AvgIpc) is 3.12. The van der Waals surface area contributed by atoms with Crippen LogP contribution in [0.2, 0.25) is 0 Å². The first kappa shape index (κ1) is 21.1. The SMILES string of the molecule is CN(Cc1ccc2ccccc2n1)Cc1cnc(S(C)(=O)=O)n1Cc1ccccc1F. The van der Waals surface area contributed by atoms with Gasteiger partial charge < -0.3 is 4.57 Å². The van der Waals surface area contributed by atoms with Crippen LogP contribution in [0.5, 0.6) is 0 Å². The van der Waals surface area contributed by atoms with E-state index in [1.807, 2.05) is 48.3 Å². The Morgan fingerprint density at radius 1 is 1.00 bits per heavy atom. The molecule has 0 aliphatic rings. The molecule has 0 N–H and O–H groups in total. The molecule has 0 bridgehead atoms. The molecule has 0 spiro atoms. The van der Waals surface area contributed by atoms with Crippen LogP contribution < -0.4 is 0 Å². The number of aromatic nitrogens is 3. The van der Waals surface area contributed by atoms with Gasteiger partial charge in [-0.25, -0.2) is 17.8 Å². The minimum atomic E-state index is -3.57. The highest BCUT2D eigenvalue weighted by molar-refractivity contribution is 7.90. The number of sulfone groups is 1. The van der Waals surface area contributed by atoms with E-state index in [4.69, 9.17) is 4.98 Å². The summed E-state index contributed by atoms with van der Waals surface area (Å²) < 4.78 is 40.3. The van der Waals surface area contributed by atoms with E-state index >= 15 is 0 Å². The van der Waals surface area contributed by atoms with Crippen molar-refractivity contribution in [2.24, 2.45) is 0 Å². The molecule has 2 aromatic heterocycles. The number of para-hydroxylation sites is 1. The smallest absolute Gasteiger partial charge is 0.227 e. The highest BCUT2D eigenvalue weighted by atomic mass is 32.2. The van der Waals surface area contributed by atoms with E-state index in [0.717, 1.165) is 22.9 Å². The number of hydrogen-bond acceptors (Lipinski definition) is 5. The van der Waals surface area contributed by atoms with E-state index in [9.17, 15) is 12.8 Å². The van der Waals surface area contributed by atoms with Gasteiger partial charge in [0.05, 0.1) is 29.6 Å². The maximum Gasteiger partial charge on any atom is 0.227 e. The van der Waals surface area contributed by atoms with Gasteiger partial charge in [0.2, 0.25) is 15.0 Å². The number of pyridine rings is 1. The second kappa shape index (κ2) is 8.56. The number of rotatable bonds is 7. The molecule has 2 aromatic carbocycles. The van der Waals surface area contributed by atoms with Crippen molar-refractivity contribution in [3.63, 3.8) is 0 Å². The van der Waals surface area contributed by atoms with Gasteiger partial charge in [0.15, 0.2) is 0 Å². The lowest BCUT2D eigenvalue weighted by Gasteiger charge is -2.18. The monoisotopic (exact) mass is 438 g/mol. The Balaban J connectivity index is 1.59. The van der Waals surface area contributed by atoms with Crippen LogP contribution in [-0.4, -0.2) is 41.2 Å². The topological polar surface area (TPSA) is 68.1 Å². The highest BCUT2D eigenvalue weighted by Gasteiger charge is 2.20. The van der Waals surface area contributed by atoms with Gasteiger partial charge in [0.25, 0.3) is 0 Å². The third-order valence-corrected chi connectivity index (χ3v) is 6.03. The summed E-state index contributed by atoms with van der Waals surface area (Å²) >= 11 is 0. The number of fused-ring (bicyclic) bond motifs is 1. The molecule has 0 radical (unpaired) electrons. The van der Waals surface area contributed by atoms with Crippen LogP contribution in [0.3, 0.4) is 0 Å². The van der Waals surface area contributed by atoms with Crippen molar-refractivity contribution in [3.05, 3.63) is 89.6 Å². The predicted molar refractivity (Wildman–Crippen MR) is 118 cm³/mol. The summed E-state index contributed by atoms with van der Waals surface area (Å²) in [6, 6.07) is 18.3. The van der Waals surface area contributed by atoms with Crippen LogP contribution in [0.15, 0.2) is 72.0 Å². The fourth-order valence-electron chi connectivity index (χ4n) is 3.59. The highest BCUT2D eigenvalue weighted by Crippen LogP contribution is 2.19. The first-order valence-corrected chi connectivity index (χ1v) is 11.7. The van der Waals surface area contributed by atoms with Crippen molar-refractivity contribution in [2.75, 3.05) is 13.3 Å². The van der Waals surface area contributed by atoms with Gasteiger partial charge in [-0.05, 0) is 25.2 Å². The standard InChI is InChI=1S/C23H23FN4O2S/c1-27(15-19-12-11-17-7-4-6-10-22(17)26-19)16-20-13-25-23(31(2,29)30)28(20)14-18-8-3-5-9-21(18)24/h3-13H,14-16H2,1-2H3. The van der Waals surface area contributed by atoms with Crippen molar-refractivity contribution >= 4 is 20.7 Å². The van der Waals surface area contributed by atoms with Crippen LogP contribution in [-0.2, 0) is 29.5 Å². The number of nitrogens with zero attached hydrogens (tertiary/aromatic N) is 4. The van der Waals surface area contributed by atoms with Crippen LogP contribution in [0, 0.1) is 5.82 Å². The summed E-state index contributed by atoms with van der Waals surface area (Å²) in [5.74, 6) is -0.379. The molecule has 0 saturated carbocycles. The van der Waals surface area contributed by atoms with Crippen LogP contribution in [0.25, 0.3) is 10.9 Å². The summed E-state index contributed by atoms with van der Waals surface area (Å²) in [6.45, 7) is 1.10. The lowest BCUT2D eigenvalue weighted by atomic mass is 10.2. The molecule has 0 fully saturated rings. The zero-order valence-electron chi connectivity index (χ0n) is 17.4. The molecule has 6 nitrogen and oxygen atoms in total. The maximum atomic E-state index is 14.2. The fraction of sp³-hybridized carbons (Fsp3) is 0.217. The third-order valence-electron chi connectivity index (χ3n) is 5.04. The Morgan fingerprint density at radius 3 is 2.52 bits per heavy atom. The lowest BCUT2D eigenvalue weighted by molar-refractivity contribution is 0.305. The minimum absolute atomic E-state index is 0.0667. The molecule has 2 heterocycles. The molecular weight excluding hydrogens is 415 g/mol. The Hall–Kier alpha value is -3.10. The van der Waals surface area contributed by atoms with E-state index in [-0.39, 0.29) is 17.5 Å². The zero-order valence-corrected chi connectivity index (χ0v) is 18.2. The first-order chi connectivity index (χ1) is 14.8. The van der Waals surface area contributed by atoms with E-state index in [2.05, 4.69) is 4.98 Å². The summed E-state index contributed by atoms with van der Waals surface area (Å²) in [6.07, 6.45) is 2.65. The van der Waals surface area contributed by atoms with E-state index in [1.54, 1.807) is 29.0 Å². The van der Waals surface area contributed by atoms with Gasteiger partial charge >= 0.3 is 0 Å². The number of benzene rings is 2. The quantitative estimate of drug-likeness (QED) is 0.441. The molecule has 0 atom stereocenters. The molecule has 4 aromatic rings. The number of hydrogen-bond donors (Lipinski definition) is 0. The Labute approximate surface area is 180 Å². The molecule has 31 heavy (non-hydrogen) atoms. The predicted octanol–water partition coefficient (Wildman–Crippen LogP) is 3.65. The Morgan fingerprint density at radius 2 is 1.74 bits per heavy atom. The molecule has 4 rings (SSSR count). The van der Waals surface area contributed by atoms with Gasteiger partial charge in [-0.1, -0.05) is 42.5 Å². The fourth-order valence-corrected chi connectivity index (χ4v) is 4.41. The van der Waals surface area contributed by atoms with Crippen molar-refractivity contribution in [2.45, 2.75) is 24.8 Å². The molecule has 0 aliphatic carbocycles. The third kappa shape index (κ3) is 4.81. The van der Waals surface area contributed by atoms with Gasteiger partial charge in [0.1, 0.15) is 5.82 Å². The maximum absolute atomic E-state index is 14.2. The minimum Gasteiger partial charge on any atom is -0.313 e. The zero-order chi connectivity index (χ0) is 22.0. The van der Waals surface area contributed by atoms with Crippen molar-refractivity contribution in [3.8, 4) is 0 Å². The van der Waals surface area contributed by atoms with Crippen molar-refractivity contribution in [1.29, 1.82) is 0 Å². The Bertz CT molecular complexity index is 1330. The second-order valence-electron chi connectivity index (χ2n) is 7.65. The largest absolute Gasteiger partial charge is 0.313 e.